The monoisotopic (exact) mass is 317 g/mol. The third kappa shape index (κ3) is 3.26. The predicted molar refractivity (Wildman–Crippen MR) is 81.6 cm³/mol. The van der Waals surface area contributed by atoms with Gasteiger partial charge in [0, 0.05) is 24.9 Å². The van der Waals surface area contributed by atoms with E-state index in [1.807, 2.05) is 4.68 Å². The van der Waals surface area contributed by atoms with Crippen molar-refractivity contribution in [2.45, 2.75) is 64.0 Å². The number of rotatable bonds is 6. The zero-order chi connectivity index (χ0) is 15.6. The lowest BCUT2D eigenvalue weighted by atomic mass is 9.97. The number of hydrogen-bond donors (Lipinski definition) is 0. The average Bonchev–Trinajstić information content (AvgIpc) is 3.14. The molecule has 0 spiro atoms. The van der Waals surface area contributed by atoms with E-state index in [2.05, 4.69) is 37.5 Å². The molecule has 8 heteroatoms. The molecule has 1 aliphatic heterocycles. The van der Waals surface area contributed by atoms with Crippen LogP contribution >= 0.6 is 0 Å². The second kappa shape index (κ2) is 6.35. The first kappa shape index (κ1) is 14.7. The first-order chi connectivity index (χ1) is 11.3. The summed E-state index contributed by atoms with van der Waals surface area (Å²) >= 11 is 0. The van der Waals surface area contributed by atoms with Gasteiger partial charge in [0.25, 0.3) is 0 Å². The highest BCUT2D eigenvalue weighted by Gasteiger charge is 2.32. The largest absolute Gasteiger partial charge is 0.339 e. The van der Waals surface area contributed by atoms with Crippen LogP contribution in [0.1, 0.15) is 68.4 Å². The topological polar surface area (TPSA) is 85.8 Å². The van der Waals surface area contributed by atoms with Gasteiger partial charge in [-0.1, -0.05) is 12.1 Å². The van der Waals surface area contributed by atoms with Crippen LogP contribution in [-0.4, -0.2) is 48.3 Å². The fourth-order valence-electron chi connectivity index (χ4n) is 3.24. The Morgan fingerprint density at radius 2 is 2.13 bits per heavy atom. The van der Waals surface area contributed by atoms with Crippen LogP contribution in [0.25, 0.3) is 0 Å². The van der Waals surface area contributed by atoms with Crippen LogP contribution in [0, 0.1) is 0 Å². The van der Waals surface area contributed by atoms with Crippen LogP contribution < -0.4 is 0 Å². The molecule has 0 bridgehead atoms. The number of nitrogens with zero attached hydrogens (tertiary/aromatic N) is 7. The summed E-state index contributed by atoms with van der Waals surface area (Å²) in [6, 6.07) is 0. The molecule has 1 aliphatic carbocycles. The molecule has 0 amide bonds. The second-order valence-corrected chi connectivity index (χ2v) is 6.66. The van der Waals surface area contributed by atoms with E-state index < -0.39 is 0 Å². The summed E-state index contributed by atoms with van der Waals surface area (Å²) in [6.07, 6.45) is 5.69. The third-order valence-electron chi connectivity index (χ3n) is 4.66. The van der Waals surface area contributed by atoms with Gasteiger partial charge in [0.15, 0.2) is 11.6 Å². The van der Waals surface area contributed by atoms with Crippen molar-refractivity contribution in [1.82, 2.24) is 35.2 Å². The molecule has 4 rings (SSSR count). The molecule has 2 fully saturated rings. The maximum atomic E-state index is 5.42. The molecule has 0 aromatic carbocycles. The van der Waals surface area contributed by atoms with E-state index in [0.717, 1.165) is 63.0 Å². The Kier molecular flexibility index (Phi) is 4.07. The zero-order valence-electron chi connectivity index (χ0n) is 13.6. The third-order valence-corrected chi connectivity index (χ3v) is 4.66. The number of hydrogen-bond acceptors (Lipinski definition) is 7. The van der Waals surface area contributed by atoms with Gasteiger partial charge in [-0.25, -0.2) is 4.68 Å². The number of likely N-dealkylation sites (tertiary alicyclic amines) is 1. The molecule has 0 N–H and O–H groups in total. The Morgan fingerprint density at radius 3 is 2.96 bits per heavy atom. The molecule has 0 radical (unpaired) electrons. The standard InChI is InChI=1S/C15H23N7O/c1-2-7-22-13(17-19-20-22)10-21-8-3-4-12(9-21)14-16-15(23-18-14)11-5-6-11/h11-12H,2-10H2,1H3/t12-/m1/s1. The Labute approximate surface area is 135 Å². The van der Waals surface area contributed by atoms with Crippen molar-refractivity contribution in [3.8, 4) is 0 Å². The molecule has 23 heavy (non-hydrogen) atoms. The van der Waals surface area contributed by atoms with Crippen LogP contribution in [0.4, 0.5) is 0 Å². The zero-order valence-corrected chi connectivity index (χ0v) is 13.6. The normalized spacial score (nSPS) is 22.6. The summed E-state index contributed by atoms with van der Waals surface area (Å²) in [5.41, 5.74) is 0. The van der Waals surface area contributed by atoms with Gasteiger partial charge in [-0.15, -0.1) is 5.10 Å². The van der Waals surface area contributed by atoms with E-state index in [0.29, 0.717) is 11.8 Å². The molecule has 2 aromatic rings. The molecule has 1 saturated heterocycles. The van der Waals surface area contributed by atoms with Crippen molar-refractivity contribution in [3.63, 3.8) is 0 Å². The number of aryl methyl sites for hydroxylation is 1. The molecule has 0 unspecified atom stereocenters. The maximum absolute atomic E-state index is 5.42. The van der Waals surface area contributed by atoms with Crippen molar-refractivity contribution in [1.29, 1.82) is 0 Å². The van der Waals surface area contributed by atoms with Crippen LogP contribution in [-0.2, 0) is 13.1 Å². The van der Waals surface area contributed by atoms with Gasteiger partial charge < -0.3 is 4.52 Å². The molecule has 2 aromatic heterocycles. The van der Waals surface area contributed by atoms with Gasteiger partial charge in [-0.2, -0.15) is 4.98 Å². The van der Waals surface area contributed by atoms with Gasteiger partial charge in [-0.3, -0.25) is 4.90 Å². The highest BCUT2D eigenvalue weighted by atomic mass is 16.5. The molecule has 3 heterocycles. The van der Waals surface area contributed by atoms with E-state index in [-0.39, 0.29) is 0 Å². The minimum atomic E-state index is 0.357. The molecule has 1 saturated carbocycles. The lowest BCUT2D eigenvalue weighted by molar-refractivity contribution is 0.187. The molecular formula is C15H23N7O. The fraction of sp³-hybridized carbons (Fsp3) is 0.800. The summed E-state index contributed by atoms with van der Waals surface area (Å²) in [7, 11) is 0. The van der Waals surface area contributed by atoms with Crippen molar-refractivity contribution >= 4 is 0 Å². The van der Waals surface area contributed by atoms with Crippen LogP contribution in [0.2, 0.25) is 0 Å². The van der Waals surface area contributed by atoms with Crippen molar-refractivity contribution in [3.05, 3.63) is 17.5 Å². The molecule has 1 atom stereocenters. The number of aromatic nitrogens is 6. The van der Waals surface area contributed by atoms with E-state index >= 15 is 0 Å². The molecule has 124 valence electrons. The summed E-state index contributed by atoms with van der Waals surface area (Å²) in [5.74, 6) is 3.54. The predicted octanol–water partition coefficient (Wildman–Crippen LogP) is 1.72. The highest BCUT2D eigenvalue weighted by Crippen LogP contribution is 2.39. The van der Waals surface area contributed by atoms with Crippen LogP contribution in [0.3, 0.4) is 0 Å². The first-order valence-electron chi connectivity index (χ1n) is 8.64. The summed E-state index contributed by atoms with van der Waals surface area (Å²) < 4.78 is 7.32. The highest BCUT2D eigenvalue weighted by molar-refractivity contribution is 5.05. The van der Waals surface area contributed by atoms with E-state index in [9.17, 15) is 0 Å². The lowest BCUT2D eigenvalue weighted by Crippen LogP contribution is -2.35. The van der Waals surface area contributed by atoms with Crippen LogP contribution in [0.15, 0.2) is 4.52 Å². The van der Waals surface area contributed by atoms with Crippen molar-refractivity contribution < 1.29 is 4.52 Å². The maximum Gasteiger partial charge on any atom is 0.229 e. The first-order valence-corrected chi connectivity index (χ1v) is 8.64. The van der Waals surface area contributed by atoms with Crippen LogP contribution in [0.5, 0.6) is 0 Å². The minimum Gasteiger partial charge on any atom is -0.339 e. The van der Waals surface area contributed by atoms with Gasteiger partial charge in [0.05, 0.1) is 6.54 Å². The van der Waals surface area contributed by atoms with E-state index in [1.54, 1.807) is 0 Å². The Morgan fingerprint density at radius 1 is 1.22 bits per heavy atom. The summed E-state index contributed by atoms with van der Waals surface area (Å²) in [4.78, 5) is 7.03. The number of piperidine rings is 1. The van der Waals surface area contributed by atoms with Crippen molar-refractivity contribution in [2.24, 2.45) is 0 Å². The Hall–Kier alpha value is -1.83. The van der Waals surface area contributed by atoms with E-state index in [4.69, 9.17) is 4.52 Å². The minimum absolute atomic E-state index is 0.357. The number of tetrazole rings is 1. The fourth-order valence-corrected chi connectivity index (χ4v) is 3.24. The van der Waals surface area contributed by atoms with Gasteiger partial charge in [-0.05, 0) is 49.1 Å². The Balaban J connectivity index is 1.40. The smallest absolute Gasteiger partial charge is 0.229 e. The van der Waals surface area contributed by atoms with E-state index in [1.165, 1.54) is 12.8 Å². The van der Waals surface area contributed by atoms with Gasteiger partial charge in [0.2, 0.25) is 5.89 Å². The molecule has 2 aliphatic rings. The SMILES string of the molecule is CCCn1nnnc1CN1CCC[C@@H](c2noc(C3CC3)n2)C1. The quantitative estimate of drug-likeness (QED) is 0.801. The summed E-state index contributed by atoms with van der Waals surface area (Å²) in [5, 5.41) is 16.3. The van der Waals surface area contributed by atoms with Gasteiger partial charge in [0.1, 0.15) is 0 Å². The van der Waals surface area contributed by atoms with Crippen molar-refractivity contribution in [2.75, 3.05) is 13.1 Å². The average molecular weight is 317 g/mol. The lowest BCUT2D eigenvalue weighted by Gasteiger charge is -2.30. The van der Waals surface area contributed by atoms with Gasteiger partial charge >= 0.3 is 0 Å². The second-order valence-electron chi connectivity index (χ2n) is 6.66. The molecular weight excluding hydrogens is 294 g/mol. The molecule has 8 nitrogen and oxygen atoms in total. The summed E-state index contributed by atoms with van der Waals surface area (Å²) in [6.45, 7) is 5.81. The Bertz CT molecular complexity index is 648.